The van der Waals surface area contributed by atoms with Gasteiger partial charge in [-0.25, -0.2) is 0 Å². The summed E-state index contributed by atoms with van der Waals surface area (Å²) in [4.78, 5) is 27.4. The largest absolute Gasteiger partial charge is 0.497 e. The topological polar surface area (TPSA) is 58.6 Å². The third-order valence-corrected chi connectivity index (χ3v) is 5.47. The molecule has 148 valence electrons. The molecule has 5 nitrogen and oxygen atoms in total. The van der Waals surface area contributed by atoms with Gasteiger partial charge in [-0.05, 0) is 47.9 Å². The van der Waals surface area contributed by atoms with Gasteiger partial charge in [-0.15, -0.1) is 0 Å². The van der Waals surface area contributed by atoms with Crippen LogP contribution in [-0.2, 0) is 0 Å². The molecule has 1 fully saturated rings. The van der Waals surface area contributed by atoms with E-state index in [1.54, 1.807) is 19.2 Å². The Labute approximate surface area is 170 Å². The monoisotopic (exact) mass is 388 g/mol. The number of nitrogens with zero attached hydrogens (tertiary/aromatic N) is 1. The SMILES string of the molecule is COc1cccc(C(=O)N2CCC(NC(=O)c3cccc4ccccc34)CC2)c1. The number of methoxy groups -OCH3 is 1. The van der Waals surface area contributed by atoms with Crippen molar-refractivity contribution in [3.63, 3.8) is 0 Å². The fourth-order valence-corrected chi connectivity index (χ4v) is 3.85. The second-order valence-corrected chi connectivity index (χ2v) is 7.30. The molecule has 2 amide bonds. The number of hydrogen-bond donors (Lipinski definition) is 1. The van der Waals surface area contributed by atoms with Gasteiger partial charge in [-0.2, -0.15) is 0 Å². The zero-order chi connectivity index (χ0) is 20.2. The molecule has 0 saturated carbocycles. The fraction of sp³-hybridized carbons (Fsp3) is 0.250. The Morgan fingerprint density at radius 1 is 0.966 bits per heavy atom. The Morgan fingerprint density at radius 2 is 1.69 bits per heavy atom. The van der Waals surface area contributed by atoms with Crippen LogP contribution in [0.15, 0.2) is 66.7 Å². The molecular formula is C24H24N2O3. The van der Waals surface area contributed by atoms with Crippen molar-refractivity contribution in [1.29, 1.82) is 0 Å². The number of fused-ring (bicyclic) bond motifs is 1. The van der Waals surface area contributed by atoms with Gasteiger partial charge in [0.1, 0.15) is 5.75 Å². The van der Waals surface area contributed by atoms with E-state index in [0.717, 1.165) is 23.6 Å². The Kier molecular flexibility index (Phi) is 5.47. The predicted octanol–water partition coefficient (Wildman–Crippen LogP) is 3.88. The number of amides is 2. The molecule has 0 radical (unpaired) electrons. The van der Waals surface area contributed by atoms with Crippen LogP contribution in [0.2, 0.25) is 0 Å². The van der Waals surface area contributed by atoms with Crippen LogP contribution in [-0.4, -0.2) is 43.0 Å². The van der Waals surface area contributed by atoms with E-state index in [9.17, 15) is 9.59 Å². The first kappa shape index (κ1) is 19.0. The molecule has 0 spiro atoms. The minimum Gasteiger partial charge on any atom is -0.497 e. The normalized spacial score (nSPS) is 14.6. The Hall–Kier alpha value is -3.34. The summed E-state index contributed by atoms with van der Waals surface area (Å²) in [6.45, 7) is 1.24. The van der Waals surface area contributed by atoms with E-state index in [-0.39, 0.29) is 17.9 Å². The first-order valence-electron chi connectivity index (χ1n) is 9.87. The number of ether oxygens (including phenoxy) is 1. The van der Waals surface area contributed by atoms with Gasteiger partial charge in [0, 0.05) is 30.3 Å². The number of carbonyl (C=O) groups excluding carboxylic acids is 2. The summed E-state index contributed by atoms with van der Waals surface area (Å²) >= 11 is 0. The quantitative estimate of drug-likeness (QED) is 0.738. The van der Waals surface area contributed by atoms with Crippen molar-refractivity contribution < 1.29 is 14.3 Å². The minimum absolute atomic E-state index is 0.00253. The average Bonchev–Trinajstić information content (AvgIpc) is 2.78. The standard InChI is InChI=1S/C24H24N2O3/c1-29-20-9-4-8-18(16-20)24(28)26-14-12-19(13-15-26)25-23(27)22-11-5-7-17-6-2-3-10-21(17)22/h2-11,16,19H,12-15H2,1H3,(H,25,27). The average molecular weight is 388 g/mol. The zero-order valence-electron chi connectivity index (χ0n) is 16.4. The molecule has 0 atom stereocenters. The fourth-order valence-electron chi connectivity index (χ4n) is 3.85. The molecule has 4 rings (SSSR count). The first-order valence-corrected chi connectivity index (χ1v) is 9.87. The molecule has 3 aromatic carbocycles. The van der Waals surface area contributed by atoms with E-state index < -0.39 is 0 Å². The van der Waals surface area contributed by atoms with Gasteiger partial charge in [-0.1, -0.05) is 42.5 Å². The van der Waals surface area contributed by atoms with Gasteiger partial charge < -0.3 is 15.0 Å². The molecule has 0 aromatic heterocycles. The van der Waals surface area contributed by atoms with E-state index in [1.807, 2.05) is 59.5 Å². The lowest BCUT2D eigenvalue weighted by Crippen LogP contribution is -2.46. The van der Waals surface area contributed by atoms with E-state index in [4.69, 9.17) is 4.74 Å². The van der Waals surface area contributed by atoms with Gasteiger partial charge in [-0.3, -0.25) is 9.59 Å². The second kappa shape index (κ2) is 8.35. The molecule has 1 aliphatic rings. The highest BCUT2D eigenvalue weighted by Crippen LogP contribution is 2.21. The summed E-state index contributed by atoms with van der Waals surface area (Å²) in [5, 5.41) is 5.16. The van der Waals surface area contributed by atoms with Crippen molar-refractivity contribution in [3.05, 3.63) is 77.9 Å². The van der Waals surface area contributed by atoms with Gasteiger partial charge in [0.05, 0.1) is 7.11 Å². The third kappa shape index (κ3) is 4.09. The van der Waals surface area contributed by atoms with Crippen molar-refractivity contribution in [2.24, 2.45) is 0 Å². The van der Waals surface area contributed by atoms with E-state index in [1.165, 1.54) is 0 Å². The van der Waals surface area contributed by atoms with Crippen LogP contribution in [0.25, 0.3) is 10.8 Å². The lowest BCUT2D eigenvalue weighted by molar-refractivity contribution is 0.0698. The highest BCUT2D eigenvalue weighted by Gasteiger charge is 2.25. The minimum atomic E-state index is -0.0561. The number of likely N-dealkylation sites (tertiary alicyclic amines) is 1. The summed E-state index contributed by atoms with van der Waals surface area (Å²) in [5.41, 5.74) is 1.32. The molecule has 3 aromatic rings. The van der Waals surface area contributed by atoms with Crippen molar-refractivity contribution in [1.82, 2.24) is 10.2 Å². The molecule has 0 unspecified atom stereocenters. The van der Waals surface area contributed by atoms with Crippen LogP contribution in [0.1, 0.15) is 33.6 Å². The zero-order valence-corrected chi connectivity index (χ0v) is 16.4. The van der Waals surface area contributed by atoms with E-state index in [0.29, 0.717) is 30.0 Å². The number of hydrogen-bond acceptors (Lipinski definition) is 3. The number of carbonyl (C=O) groups is 2. The third-order valence-electron chi connectivity index (χ3n) is 5.47. The lowest BCUT2D eigenvalue weighted by Gasteiger charge is -2.32. The van der Waals surface area contributed by atoms with Gasteiger partial charge in [0.25, 0.3) is 11.8 Å². The van der Waals surface area contributed by atoms with Crippen molar-refractivity contribution in [2.45, 2.75) is 18.9 Å². The number of benzene rings is 3. The van der Waals surface area contributed by atoms with Crippen LogP contribution >= 0.6 is 0 Å². The number of nitrogens with one attached hydrogen (secondary N) is 1. The van der Waals surface area contributed by atoms with E-state index >= 15 is 0 Å². The molecular weight excluding hydrogens is 364 g/mol. The van der Waals surface area contributed by atoms with Crippen LogP contribution in [0.5, 0.6) is 5.75 Å². The molecule has 1 N–H and O–H groups in total. The molecule has 1 saturated heterocycles. The highest BCUT2D eigenvalue weighted by molar-refractivity contribution is 6.07. The summed E-state index contributed by atoms with van der Waals surface area (Å²) < 4.78 is 5.21. The molecule has 1 aliphatic heterocycles. The summed E-state index contributed by atoms with van der Waals surface area (Å²) in [5.74, 6) is 0.621. The maximum atomic E-state index is 12.8. The van der Waals surface area contributed by atoms with Crippen molar-refractivity contribution in [2.75, 3.05) is 20.2 Å². The Morgan fingerprint density at radius 3 is 2.48 bits per heavy atom. The maximum Gasteiger partial charge on any atom is 0.253 e. The highest BCUT2D eigenvalue weighted by atomic mass is 16.5. The Bertz CT molecular complexity index is 1030. The lowest BCUT2D eigenvalue weighted by atomic mass is 10.0. The smallest absolute Gasteiger partial charge is 0.253 e. The van der Waals surface area contributed by atoms with Gasteiger partial charge in [0.2, 0.25) is 0 Å². The molecule has 5 heteroatoms. The van der Waals surface area contributed by atoms with Gasteiger partial charge in [0.15, 0.2) is 0 Å². The molecule has 1 heterocycles. The number of piperidine rings is 1. The van der Waals surface area contributed by atoms with Crippen LogP contribution in [0.3, 0.4) is 0 Å². The van der Waals surface area contributed by atoms with Crippen LogP contribution < -0.4 is 10.1 Å². The first-order chi connectivity index (χ1) is 14.2. The summed E-state index contributed by atoms with van der Waals surface area (Å²) in [6, 6.07) is 21.0. The van der Waals surface area contributed by atoms with Crippen LogP contribution in [0, 0.1) is 0 Å². The second-order valence-electron chi connectivity index (χ2n) is 7.30. The maximum absolute atomic E-state index is 12.8. The number of rotatable bonds is 4. The molecule has 0 bridgehead atoms. The predicted molar refractivity (Wildman–Crippen MR) is 113 cm³/mol. The molecule has 0 aliphatic carbocycles. The van der Waals surface area contributed by atoms with Crippen molar-refractivity contribution in [3.8, 4) is 5.75 Å². The van der Waals surface area contributed by atoms with Crippen molar-refractivity contribution >= 4 is 22.6 Å². The summed E-state index contributed by atoms with van der Waals surface area (Å²) in [6.07, 6.45) is 1.48. The summed E-state index contributed by atoms with van der Waals surface area (Å²) in [7, 11) is 1.59. The van der Waals surface area contributed by atoms with E-state index in [2.05, 4.69) is 5.32 Å². The van der Waals surface area contributed by atoms with Crippen LogP contribution in [0.4, 0.5) is 0 Å². The Balaban J connectivity index is 1.38. The molecule has 29 heavy (non-hydrogen) atoms. The van der Waals surface area contributed by atoms with Gasteiger partial charge >= 0.3 is 0 Å².